The van der Waals surface area contributed by atoms with Crippen LogP contribution in [0.4, 0.5) is 5.69 Å². The van der Waals surface area contributed by atoms with Gasteiger partial charge in [0, 0.05) is 37.6 Å². The summed E-state index contributed by atoms with van der Waals surface area (Å²) in [6.45, 7) is 5.03. The summed E-state index contributed by atoms with van der Waals surface area (Å²) in [6.07, 6.45) is 2.20. The number of amides is 1. The van der Waals surface area contributed by atoms with Crippen LogP contribution in [0, 0.1) is 0 Å². The Kier molecular flexibility index (Phi) is 5.48. The molecule has 0 bridgehead atoms. The Balaban J connectivity index is 1.33. The van der Waals surface area contributed by atoms with Crippen LogP contribution in [0.3, 0.4) is 0 Å². The first-order chi connectivity index (χ1) is 12.7. The fourth-order valence-electron chi connectivity index (χ4n) is 3.98. The number of piperazine rings is 1. The maximum absolute atomic E-state index is 12.9. The zero-order valence-corrected chi connectivity index (χ0v) is 16.4. The van der Waals surface area contributed by atoms with Crippen LogP contribution in [0.25, 0.3) is 0 Å². The number of carbonyl (C=O) groups excluding carboxylic acids is 1. The van der Waals surface area contributed by atoms with E-state index in [0.29, 0.717) is 6.54 Å². The molecule has 6 heteroatoms. The predicted molar refractivity (Wildman–Crippen MR) is 108 cm³/mol. The lowest BCUT2D eigenvalue weighted by Crippen LogP contribution is -2.50. The molecular weight excluding hydrogens is 366 g/mol. The average molecular weight is 390 g/mol. The molecule has 138 valence electrons. The molecule has 2 saturated heterocycles. The number of para-hydroxylation sites is 1. The molecule has 2 aliphatic heterocycles. The van der Waals surface area contributed by atoms with E-state index in [-0.39, 0.29) is 11.9 Å². The third-order valence-corrected chi connectivity index (χ3v) is 6.66. The van der Waals surface area contributed by atoms with Crippen molar-refractivity contribution < 1.29 is 4.79 Å². The van der Waals surface area contributed by atoms with E-state index in [2.05, 4.69) is 38.3 Å². The van der Waals surface area contributed by atoms with Crippen LogP contribution in [0.2, 0.25) is 5.02 Å². The molecule has 0 spiro atoms. The number of halogens is 1. The Morgan fingerprint density at radius 2 is 1.88 bits per heavy atom. The second kappa shape index (κ2) is 7.99. The Morgan fingerprint density at radius 3 is 2.62 bits per heavy atom. The minimum atomic E-state index is 0.270. The fraction of sp³-hybridized carbons (Fsp3) is 0.450. The van der Waals surface area contributed by atoms with Crippen LogP contribution in [0.1, 0.15) is 23.8 Å². The van der Waals surface area contributed by atoms with Gasteiger partial charge < -0.3 is 9.80 Å². The lowest BCUT2D eigenvalue weighted by molar-refractivity contribution is -0.133. The molecule has 0 saturated carbocycles. The van der Waals surface area contributed by atoms with E-state index in [4.69, 9.17) is 11.6 Å². The van der Waals surface area contributed by atoms with Gasteiger partial charge in [-0.2, -0.15) is 0 Å². The molecule has 4 nitrogen and oxygen atoms in total. The van der Waals surface area contributed by atoms with Gasteiger partial charge in [-0.1, -0.05) is 29.8 Å². The van der Waals surface area contributed by atoms with E-state index in [1.54, 1.807) is 11.3 Å². The van der Waals surface area contributed by atoms with Gasteiger partial charge in [-0.3, -0.25) is 9.69 Å². The largest absolute Gasteiger partial charge is 0.368 e. The van der Waals surface area contributed by atoms with Crippen LogP contribution >= 0.6 is 22.9 Å². The first-order valence-corrected chi connectivity index (χ1v) is 10.5. The molecule has 0 radical (unpaired) electrons. The van der Waals surface area contributed by atoms with Crippen molar-refractivity contribution in [3.8, 4) is 0 Å². The molecular formula is C20H24ClN3OS. The van der Waals surface area contributed by atoms with Crippen molar-refractivity contribution in [3.63, 3.8) is 0 Å². The summed E-state index contributed by atoms with van der Waals surface area (Å²) in [5.74, 6) is 0.270. The molecule has 3 heterocycles. The SMILES string of the molecule is O=C(CN1CCN(c2ccccc2Cl)CC1)N1CCCC1c1cccs1. The van der Waals surface area contributed by atoms with Gasteiger partial charge in [0.05, 0.1) is 23.3 Å². The van der Waals surface area contributed by atoms with E-state index in [9.17, 15) is 4.79 Å². The number of nitrogens with zero attached hydrogens (tertiary/aromatic N) is 3. The third kappa shape index (κ3) is 3.75. The highest BCUT2D eigenvalue weighted by atomic mass is 35.5. The summed E-state index contributed by atoms with van der Waals surface area (Å²) in [5, 5.41) is 2.90. The lowest BCUT2D eigenvalue weighted by atomic mass is 10.2. The van der Waals surface area contributed by atoms with Crippen molar-refractivity contribution in [2.45, 2.75) is 18.9 Å². The minimum Gasteiger partial charge on any atom is -0.368 e. The Bertz CT molecular complexity index is 743. The Morgan fingerprint density at radius 1 is 1.08 bits per heavy atom. The van der Waals surface area contributed by atoms with E-state index in [1.165, 1.54) is 4.88 Å². The smallest absolute Gasteiger partial charge is 0.237 e. The standard InChI is InChI=1S/C20H24ClN3OS/c21-16-5-1-2-6-17(16)23-12-10-22(11-13-23)15-20(25)24-9-3-7-18(24)19-8-4-14-26-19/h1-2,4-6,8,14,18H,3,7,9-13,15H2. The maximum atomic E-state index is 12.9. The summed E-state index contributed by atoms with van der Waals surface area (Å²) in [7, 11) is 0. The number of hydrogen-bond acceptors (Lipinski definition) is 4. The number of rotatable bonds is 4. The van der Waals surface area contributed by atoms with Crippen molar-refractivity contribution in [3.05, 3.63) is 51.7 Å². The van der Waals surface area contributed by atoms with Crippen LogP contribution in [0.5, 0.6) is 0 Å². The number of benzene rings is 1. The van der Waals surface area contributed by atoms with Gasteiger partial charge in [-0.25, -0.2) is 0 Å². The second-order valence-electron chi connectivity index (χ2n) is 6.98. The quantitative estimate of drug-likeness (QED) is 0.793. The first kappa shape index (κ1) is 17.8. The summed E-state index contributed by atoms with van der Waals surface area (Å²) >= 11 is 8.07. The topological polar surface area (TPSA) is 26.8 Å². The van der Waals surface area contributed by atoms with Gasteiger partial charge in [0.1, 0.15) is 0 Å². The van der Waals surface area contributed by atoms with Crippen LogP contribution in [-0.2, 0) is 4.79 Å². The Labute approximate surface area is 164 Å². The number of likely N-dealkylation sites (tertiary alicyclic amines) is 1. The van der Waals surface area contributed by atoms with Gasteiger partial charge in [0.2, 0.25) is 5.91 Å². The molecule has 2 aromatic rings. The lowest BCUT2D eigenvalue weighted by Gasteiger charge is -2.37. The van der Waals surface area contributed by atoms with E-state index >= 15 is 0 Å². The van der Waals surface area contributed by atoms with Crippen molar-refractivity contribution in [1.82, 2.24) is 9.80 Å². The average Bonchev–Trinajstić information content (AvgIpc) is 3.34. The predicted octanol–water partition coefficient (Wildman–Crippen LogP) is 3.89. The highest BCUT2D eigenvalue weighted by molar-refractivity contribution is 7.10. The van der Waals surface area contributed by atoms with E-state index in [1.807, 2.05) is 18.2 Å². The van der Waals surface area contributed by atoms with Crippen LogP contribution in [0.15, 0.2) is 41.8 Å². The monoisotopic (exact) mass is 389 g/mol. The van der Waals surface area contributed by atoms with Gasteiger partial charge >= 0.3 is 0 Å². The normalized spacial score (nSPS) is 21.3. The summed E-state index contributed by atoms with van der Waals surface area (Å²) in [6, 6.07) is 12.5. The zero-order chi connectivity index (χ0) is 17.9. The van der Waals surface area contributed by atoms with Crippen molar-refractivity contribution in [1.29, 1.82) is 0 Å². The summed E-state index contributed by atoms with van der Waals surface area (Å²) in [5.41, 5.74) is 1.09. The molecule has 1 unspecified atom stereocenters. The molecule has 2 fully saturated rings. The van der Waals surface area contributed by atoms with Crippen LogP contribution < -0.4 is 4.90 Å². The molecule has 0 aliphatic carbocycles. The number of anilines is 1. The van der Waals surface area contributed by atoms with Crippen molar-refractivity contribution in [2.24, 2.45) is 0 Å². The number of carbonyl (C=O) groups is 1. The van der Waals surface area contributed by atoms with Crippen molar-refractivity contribution in [2.75, 3.05) is 44.2 Å². The molecule has 26 heavy (non-hydrogen) atoms. The van der Waals surface area contributed by atoms with Crippen molar-refractivity contribution >= 4 is 34.5 Å². The first-order valence-electron chi connectivity index (χ1n) is 9.27. The molecule has 1 aromatic carbocycles. The molecule has 1 atom stereocenters. The number of hydrogen-bond donors (Lipinski definition) is 0. The molecule has 1 amide bonds. The molecule has 1 aromatic heterocycles. The van der Waals surface area contributed by atoms with Gasteiger partial charge in [-0.05, 0) is 36.4 Å². The van der Waals surface area contributed by atoms with E-state index in [0.717, 1.165) is 56.3 Å². The van der Waals surface area contributed by atoms with Crippen LogP contribution in [-0.4, -0.2) is 55.0 Å². The van der Waals surface area contributed by atoms with Gasteiger partial charge in [0.25, 0.3) is 0 Å². The minimum absolute atomic E-state index is 0.270. The molecule has 0 N–H and O–H groups in total. The number of thiophene rings is 1. The third-order valence-electron chi connectivity index (χ3n) is 5.37. The fourth-order valence-corrected chi connectivity index (χ4v) is 5.11. The molecule has 2 aliphatic rings. The Hall–Kier alpha value is -1.56. The summed E-state index contributed by atoms with van der Waals surface area (Å²) in [4.78, 5) is 20.9. The summed E-state index contributed by atoms with van der Waals surface area (Å²) < 4.78 is 0. The van der Waals surface area contributed by atoms with Gasteiger partial charge in [0.15, 0.2) is 0 Å². The van der Waals surface area contributed by atoms with Gasteiger partial charge in [-0.15, -0.1) is 11.3 Å². The highest BCUT2D eigenvalue weighted by Crippen LogP contribution is 2.34. The zero-order valence-electron chi connectivity index (χ0n) is 14.8. The molecule has 4 rings (SSSR count). The maximum Gasteiger partial charge on any atom is 0.237 e. The van der Waals surface area contributed by atoms with E-state index < -0.39 is 0 Å². The second-order valence-corrected chi connectivity index (χ2v) is 8.36. The highest BCUT2D eigenvalue weighted by Gasteiger charge is 2.31.